The highest BCUT2D eigenvalue weighted by Crippen LogP contribution is 2.30. The largest absolute Gasteiger partial charge is 0.479 e. The Balaban J connectivity index is 2.36. The molecule has 0 bridgehead atoms. The maximum absolute atomic E-state index is 13.0. The Morgan fingerprint density at radius 1 is 1.48 bits per heavy atom. The van der Waals surface area contributed by atoms with Gasteiger partial charge in [-0.3, -0.25) is 4.79 Å². The van der Waals surface area contributed by atoms with Gasteiger partial charge in [-0.2, -0.15) is 8.42 Å². The van der Waals surface area contributed by atoms with Crippen molar-refractivity contribution in [3.8, 4) is 0 Å². The fraction of sp³-hybridized carbons (Fsp3) is 0.333. The lowest BCUT2D eigenvalue weighted by molar-refractivity contribution is -0.148. The minimum Gasteiger partial charge on any atom is -0.479 e. The van der Waals surface area contributed by atoms with Crippen LogP contribution in [0.4, 0.5) is 3.89 Å². The lowest BCUT2D eigenvalue weighted by Gasteiger charge is -2.24. The molecule has 1 heterocycles. The van der Waals surface area contributed by atoms with E-state index in [4.69, 9.17) is 11.6 Å². The SMILES string of the molecule is O=C(O)C(c1cccc(Cl)c1)N1CC(S(=O)(=O)F)CC1=O. The molecule has 0 aliphatic carbocycles. The Labute approximate surface area is 125 Å². The van der Waals surface area contributed by atoms with Crippen LogP contribution in [-0.4, -0.2) is 42.1 Å². The predicted molar refractivity (Wildman–Crippen MR) is 72.0 cm³/mol. The van der Waals surface area contributed by atoms with Crippen LogP contribution in [0.1, 0.15) is 18.0 Å². The van der Waals surface area contributed by atoms with Gasteiger partial charge in [0.2, 0.25) is 5.91 Å². The van der Waals surface area contributed by atoms with E-state index < -0.39 is 46.4 Å². The van der Waals surface area contributed by atoms with Crippen molar-refractivity contribution in [3.05, 3.63) is 34.9 Å². The predicted octanol–water partition coefficient (Wildman–Crippen LogP) is 1.37. The van der Waals surface area contributed by atoms with Crippen molar-refractivity contribution in [1.82, 2.24) is 4.90 Å². The summed E-state index contributed by atoms with van der Waals surface area (Å²) in [5.74, 6) is -2.07. The molecule has 0 radical (unpaired) electrons. The van der Waals surface area contributed by atoms with Crippen LogP contribution >= 0.6 is 11.6 Å². The smallest absolute Gasteiger partial charge is 0.331 e. The molecule has 0 saturated carbocycles. The van der Waals surface area contributed by atoms with Crippen molar-refractivity contribution in [2.24, 2.45) is 0 Å². The van der Waals surface area contributed by atoms with Gasteiger partial charge < -0.3 is 10.0 Å². The second-order valence-electron chi connectivity index (χ2n) is 4.64. The van der Waals surface area contributed by atoms with E-state index in [9.17, 15) is 27.0 Å². The molecule has 21 heavy (non-hydrogen) atoms. The third-order valence-electron chi connectivity index (χ3n) is 3.23. The Morgan fingerprint density at radius 3 is 2.62 bits per heavy atom. The molecular formula is C12H11ClFNO5S. The normalized spacial score (nSPS) is 20.6. The highest BCUT2D eigenvalue weighted by molar-refractivity contribution is 7.87. The van der Waals surface area contributed by atoms with Gasteiger partial charge in [-0.25, -0.2) is 4.79 Å². The molecule has 1 N–H and O–H groups in total. The molecule has 1 aliphatic heterocycles. The minimum atomic E-state index is -4.90. The number of hydrogen-bond acceptors (Lipinski definition) is 4. The minimum absolute atomic E-state index is 0.222. The molecule has 6 nitrogen and oxygen atoms in total. The first-order valence-electron chi connectivity index (χ1n) is 5.91. The molecule has 9 heteroatoms. The monoisotopic (exact) mass is 335 g/mol. The summed E-state index contributed by atoms with van der Waals surface area (Å²) < 4.78 is 34.8. The molecule has 1 fully saturated rings. The fourth-order valence-corrected chi connectivity index (χ4v) is 3.15. The number of carboxylic acid groups (broad SMARTS) is 1. The van der Waals surface area contributed by atoms with E-state index in [-0.39, 0.29) is 10.6 Å². The molecule has 2 unspecified atom stereocenters. The maximum Gasteiger partial charge on any atom is 0.331 e. The summed E-state index contributed by atoms with van der Waals surface area (Å²) in [4.78, 5) is 24.1. The second kappa shape index (κ2) is 5.61. The van der Waals surface area contributed by atoms with Crippen LogP contribution in [0.3, 0.4) is 0 Å². The first-order valence-corrected chi connectivity index (χ1v) is 7.74. The van der Waals surface area contributed by atoms with Gasteiger partial charge in [0.15, 0.2) is 6.04 Å². The standard InChI is InChI=1S/C12H11ClFNO5S/c13-8-3-1-2-7(4-8)11(12(17)18)15-6-9(5-10(15)16)21(14,19)20/h1-4,9,11H,5-6H2,(H,17,18). The number of aliphatic carboxylic acids is 1. The van der Waals surface area contributed by atoms with E-state index in [2.05, 4.69) is 0 Å². The molecule has 1 aliphatic rings. The third kappa shape index (κ3) is 3.33. The average molecular weight is 336 g/mol. The number of likely N-dealkylation sites (tertiary alicyclic amines) is 1. The van der Waals surface area contributed by atoms with E-state index in [0.717, 1.165) is 4.90 Å². The third-order valence-corrected chi connectivity index (χ3v) is 4.58. The molecule has 1 aromatic carbocycles. The topological polar surface area (TPSA) is 91.8 Å². The van der Waals surface area contributed by atoms with Crippen LogP contribution in [-0.2, 0) is 19.8 Å². The van der Waals surface area contributed by atoms with Crippen LogP contribution < -0.4 is 0 Å². The summed E-state index contributed by atoms with van der Waals surface area (Å²) in [5, 5.41) is 8.05. The summed E-state index contributed by atoms with van der Waals surface area (Å²) in [6, 6.07) is 4.46. The number of amides is 1. The van der Waals surface area contributed by atoms with Crippen molar-refractivity contribution in [3.63, 3.8) is 0 Å². The van der Waals surface area contributed by atoms with Crippen LogP contribution in [0.15, 0.2) is 24.3 Å². The summed E-state index contributed by atoms with van der Waals surface area (Å²) in [5.41, 5.74) is 0.222. The Hall–Kier alpha value is -1.67. The molecule has 0 spiro atoms. The molecule has 1 aromatic rings. The van der Waals surface area contributed by atoms with Crippen LogP contribution in [0.5, 0.6) is 0 Å². The van der Waals surface area contributed by atoms with Gasteiger partial charge >= 0.3 is 16.2 Å². The molecule has 1 saturated heterocycles. The van der Waals surface area contributed by atoms with E-state index >= 15 is 0 Å². The van der Waals surface area contributed by atoms with Gasteiger partial charge in [0.05, 0.1) is 0 Å². The number of hydrogen-bond donors (Lipinski definition) is 1. The Morgan fingerprint density at radius 2 is 2.14 bits per heavy atom. The number of benzene rings is 1. The fourth-order valence-electron chi connectivity index (χ4n) is 2.27. The molecule has 114 valence electrons. The zero-order chi connectivity index (χ0) is 15.8. The molecule has 1 amide bonds. The molecular weight excluding hydrogens is 325 g/mol. The van der Waals surface area contributed by atoms with Crippen molar-refractivity contribution in [1.29, 1.82) is 0 Å². The summed E-state index contributed by atoms with van der Waals surface area (Å²) in [7, 11) is -4.90. The van der Waals surface area contributed by atoms with Crippen LogP contribution in [0.25, 0.3) is 0 Å². The number of carboxylic acids is 1. The van der Waals surface area contributed by atoms with Crippen molar-refractivity contribution in [2.75, 3.05) is 6.54 Å². The summed E-state index contributed by atoms with van der Waals surface area (Å²) in [6.45, 7) is -0.499. The molecule has 0 aromatic heterocycles. The van der Waals surface area contributed by atoms with Crippen molar-refractivity contribution < 1.29 is 27.0 Å². The van der Waals surface area contributed by atoms with Gasteiger partial charge in [0, 0.05) is 18.0 Å². The average Bonchev–Trinajstić information content (AvgIpc) is 2.71. The number of carbonyl (C=O) groups excluding carboxylic acids is 1. The number of carbonyl (C=O) groups is 2. The van der Waals surface area contributed by atoms with Crippen LogP contribution in [0.2, 0.25) is 5.02 Å². The van der Waals surface area contributed by atoms with Crippen LogP contribution in [0, 0.1) is 0 Å². The van der Waals surface area contributed by atoms with E-state index in [1.807, 2.05) is 0 Å². The zero-order valence-corrected chi connectivity index (χ0v) is 12.1. The van der Waals surface area contributed by atoms with Crippen molar-refractivity contribution in [2.45, 2.75) is 17.7 Å². The highest BCUT2D eigenvalue weighted by Gasteiger charge is 2.43. The summed E-state index contributed by atoms with van der Waals surface area (Å²) in [6.07, 6.45) is -0.566. The lowest BCUT2D eigenvalue weighted by Crippen LogP contribution is -2.36. The quantitative estimate of drug-likeness (QED) is 0.839. The number of halogens is 2. The van der Waals surface area contributed by atoms with E-state index in [1.165, 1.54) is 24.3 Å². The van der Waals surface area contributed by atoms with Gasteiger partial charge in [-0.05, 0) is 17.7 Å². The molecule has 2 atom stereocenters. The Kier molecular flexibility index (Phi) is 4.20. The van der Waals surface area contributed by atoms with Gasteiger partial charge in [0.25, 0.3) is 0 Å². The Bertz CT molecular complexity index is 693. The van der Waals surface area contributed by atoms with E-state index in [1.54, 1.807) is 0 Å². The number of rotatable bonds is 4. The van der Waals surface area contributed by atoms with E-state index in [0.29, 0.717) is 0 Å². The number of nitrogens with zero attached hydrogens (tertiary/aromatic N) is 1. The van der Waals surface area contributed by atoms with Gasteiger partial charge in [0.1, 0.15) is 5.25 Å². The first kappa shape index (κ1) is 15.7. The first-order chi connectivity index (χ1) is 9.70. The second-order valence-corrected chi connectivity index (χ2v) is 6.70. The molecule has 2 rings (SSSR count). The highest BCUT2D eigenvalue weighted by atomic mass is 35.5. The zero-order valence-electron chi connectivity index (χ0n) is 10.6. The summed E-state index contributed by atoms with van der Waals surface area (Å²) >= 11 is 5.79. The maximum atomic E-state index is 13.0. The lowest BCUT2D eigenvalue weighted by atomic mass is 10.1. The van der Waals surface area contributed by atoms with Gasteiger partial charge in [-0.1, -0.05) is 23.7 Å². The van der Waals surface area contributed by atoms with Gasteiger partial charge in [-0.15, -0.1) is 3.89 Å². The van der Waals surface area contributed by atoms with Crippen molar-refractivity contribution >= 4 is 33.7 Å².